The monoisotopic (exact) mass is 161 g/mol. The SMILES string of the molecule is NC1(c2ccccc2)CCCC1. The topological polar surface area (TPSA) is 26.0 Å². The summed E-state index contributed by atoms with van der Waals surface area (Å²) in [6.45, 7) is 0. The van der Waals surface area contributed by atoms with Crippen LogP contribution >= 0.6 is 0 Å². The maximum Gasteiger partial charge on any atom is 0.0409 e. The second-order valence-corrected chi connectivity index (χ2v) is 3.73. The average molecular weight is 161 g/mol. The molecule has 64 valence electrons. The van der Waals surface area contributed by atoms with Gasteiger partial charge in [-0.15, -0.1) is 0 Å². The second kappa shape index (κ2) is 2.91. The Labute approximate surface area is 73.6 Å². The molecule has 0 unspecified atom stereocenters. The van der Waals surface area contributed by atoms with E-state index in [1.54, 1.807) is 0 Å². The van der Waals surface area contributed by atoms with E-state index in [2.05, 4.69) is 24.3 Å². The lowest BCUT2D eigenvalue weighted by Crippen LogP contribution is -2.32. The number of rotatable bonds is 1. The molecule has 0 atom stereocenters. The summed E-state index contributed by atoms with van der Waals surface area (Å²) in [4.78, 5) is 0. The number of benzene rings is 1. The van der Waals surface area contributed by atoms with E-state index in [9.17, 15) is 0 Å². The molecule has 1 heteroatoms. The van der Waals surface area contributed by atoms with Gasteiger partial charge in [0.1, 0.15) is 0 Å². The molecule has 1 aromatic rings. The van der Waals surface area contributed by atoms with Gasteiger partial charge in [0, 0.05) is 5.54 Å². The number of hydrogen-bond donors (Lipinski definition) is 1. The quantitative estimate of drug-likeness (QED) is 0.672. The fourth-order valence-corrected chi connectivity index (χ4v) is 2.06. The van der Waals surface area contributed by atoms with Gasteiger partial charge in [-0.3, -0.25) is 0 Å². The summed E-state index contributed by atoms with van der Waals surface area (Å²) in [5, 5.41) is 0. The van der Waals surface area contributed by atoms with Crippen LogP contribution in [0.25, 0.3) is 0 Å². The highest BCUT2D eigenvalue weighted by molar-refractivity contribution is 5.24. The molecule has 2 N–H and O–H groups in total. The van der Waals surface area contributed by atoms with Crippen LogP contribution in [0.1, 0.15) is 31.2 Å². The highest BCUT2D eigenvalue weighted by Crippen LogP contribution is 2.35. The summed E-state index contributed by atoms with van der Waals surface area (Å²) in [6.07, 6.45) is 4.87. The fraction of sp³-hybridized carbons (Fsp3) is 0.455. The molecule has 2 rings (SSSR count). The van der Waals surface area contributed by atoms with Crippen LogP contribution < -0.4 is 5.73 Å². The van der Waals surface area contributed by atoms with E-state index >= 15 is 0 Å². The third kappa shape index (κ3) is 1.25. The molecule has 0 saturated heterocycles. The molecule has 12 heavy (non-hydrogen) atoms. The maximum atomic E-state index is 6.28. The van der Waals surface area contributed by atoms with Gasteiger partial charge in [-0.05, 0) is 18.4 Å². The normalized spacial score (nSPS) is 21.1. The largest absolute Gasteiger partial charge is 0.321 e. The van der Waals surface area contributed by atoms with Gasteiger partial charge >= 0.3 is 0 Å². The predicted molar refractivity (Wildman–Crippen MR) is 50.8 cm³/mol. The molecule has 0 aromatic heterocycles. The van der Waals surface area contributed by atoms with E-state index < -0.39 is 0 Å². The van der Waals surface area contributed by atoms with E-state index in [1.807, 2.05) is 6.07 Å². The third-order valence-corrected chi connectivity index (χ3v) is 2.84. The molecule has 1 aromatic carbocycles. The molecule has 1 fully saturated rings. The summed E-state index contributed by atoms with van der Waals surface area (Å²) < 4.78 is 0. The van der Waals surface area contributed by atoms with Crippen LogP contribution in [-0.2, 0) is 5.54 Å². The van der Waals surface area contributed by atoms with Crippen molar-refractivity contribution in [2.75, 3.05) is 0 Å². The maximum absolute atomic E-state index is 6.28. The van der Waals surface area contributed by atoms with E-state index in [4.69, 9.17) is 5.73 Å². The first-order valence-electron chi connectivity index (χ1n) is 4.66. The predicted octanol–water partition coefficient (Wildman–Crippen LogP) is 2.41. The Balaban J connectivity index is 2.29. The zero-order valence-electron chi connectivity index (χ0n) is 7.29. The van der Waals surface area contributed by atoms with Gasteiger partial charge in [0.2, 0.25) is 0 Å². The van der Waals surface area contributed by atoms with Gasteiger partial charge < -0.3 is 5.73 Å². The molecular weight excluding hydrogens is 146 g/mol. The molecule has 0 radical (unpaired) electrons. The Morgan fingerprint density at radius 3 is 2.17 bits per heavy atom. The standard InChI is InChI=1S/C11H15N/c12-11(8-4-5-9-11)10-6-2-1-3-7-10/h1-3,6-7H,4-5,8-9,12H2. The summed E-state index contributed by atoms with van der Waals surface area (Å²) in [6, 6.07) is 10.5. The number of nitrogens with two attached hydrogens (primary N) is 1. The molecule has 1 aliphatic rings. The Morgan fingerprint density at radius 1 is 1.00 bits per heavy atom. The molecular formula is C11H15N. The molecule has 0 amide bonds. The summed E-state index contributed by atoms with van der Waals surface area (Å²) >= 11 is 0. The van der Waals surface area contributed by atoms with Crippen molar-refractivity contribution < 1.29 is 0 Å². The number of hydrogen-bond acceptors (Lipinski definition) is 1. The lowest BCUT2D eigenvalue weighted by molar-refractivity contribution is 0.462. The van der Waals surface area contributed by atoms with Crippen LogP contribution in [0.4, 0.5) is 0 Å². The summed E-state index contributed by atoms with van der Waals surface area (Å²) in [5.74, 6) is 0. The van der Waals surface area contributed by atoms with Crippen molar-refractivity contribution in [3.63, 3.8) is 0 Å². The molecule has 0 bridgehead atoms. The van der Waals surface area contributed by atoms with Crippen molar-refractivity contribution in [1.82, 2.24) is 0 Å². The molecule has 1 aliphatic carbocycles. The lowest BCUT2D eigenvalue weighted by atomic mass is 9.90. The first-order chi connectivity index (χ1) is 5.81. The van der Waals surface area contributed by atoms with Crippen molar-refractivity contribution in [3.8, 4) is 0 Å². The van der Waals surface area contributed by atoms with E-state index in [1.165, 1.54) is 18.4 Å². The highest BCUT2D eigenvalue weighted by Gasteiger charge is 2.30. The smallest absolute Gasteiger partial charge is 0.0409 e. The highest BCUT2D eigenvalue weighted by atomic mass is 14.7. The van der Waals surface area contributed by atoms with Gasteiger partial charge in [-0.25, -0.2) is 0 Å². The van der Waals surface area contributed by atoms with E-state index in [-0.39, 0.29) is 5.54 Å². The van der Waals surface area contributed by atoms with Gasteiger partial charge in [0.05, 0.1) is 0 Å². The van der Waals surface area contributed by atoms with Crippen LogP contribution in [0.2, 0.25) is 0 Å². The Hall–Kier alpha value is -0.820. The fourth-order valence-electron chi connectivity index (χ4n) is 2.06. The van der Waals surface area contributed by atoms with Crippen molar-refractivity contribution in [2.45, 2.75) is 31.2 Å². The summed E-state index contributed by atoms with van der Waals surface area (Å²) in [5.41, 5.74) is 7.58. The van der Waals surface area contributed by atoms with Gasteiger partial charge in [-0.1, -0.05) is 43.2 Å². The summed E-state index contributed by atoms with van der Waals surface area (Å²) in [7, 11) is 0. The van der Waals surface area contributed by atoms with Crippen LogP contribution in [0.3, 0.4) is 0 Å². The zero-order valence-corrected chi connectivity index (χ0v) is 7.29. The van der Waals surface area contributed by atoms with Crippen LogP contribution in [-0.4, -0.2) is 0 Å². The Morgan fingerprint density at radius 2 is 1.58 bits per heavy atom. The molecule has 0 aliphatic heterocycles. The van der Waals surface area contributed by atoms with Crippen LogP contribution in [0, 0.1) is 0 Å². The van der Waals surface area contributed by atoms with Crippen molar-refractivity contribution in [3.05, 3.63) is 35.9 Å². The average Bonchev–Trinajstić information content (AvgIpc) is 2.55. The van der Waals surface area contributed by atoms with Crippen LogP contribution in [0.5, 0.6) is 0 Å². The van der Waals surface area contributed by atoms with Crippen molar-refractivity contribution in [2.24, 2.45) is 5.73 Å². The van der Waals surface area contributed by atoms with Gasteiger partial charge in [-0.2, -0.15) is 0 Å². The minimum Gasteiger partial charge on any atom is -0.321 e. The molecule has 0 spiro atoms. The zero-order chi connectivity index (χ0) is 8.44. The second-order valence-electron chi connectivity index (χ2n) is 3.73. The Bertz CT molecular complexity index is 247. The lowest BCUT2D eigenvalue weighted by Gasteiger charge is -2.23. The first kappa shape index (κ1) is 7.81. The van der Waals surface area contributed by atoms with E-state index in [0.717, 1.165) is 12.8 Å². The van der Waals surface area contributed by atoms with E-state index in [0.29, 0.717) is 0 Å². The first-order valence-corrected chi connectivity index (χ1v) is 4.66. The third-order valence-electron chi connectivity index (χ3n) is 2.84. The minimum absolute atomic E-state index is 0.0126. The van der Waals surface area contributed by atoms with Crippen molar-refractivity contribution >= 4 is 0 Å². The molecule has 1 saturated carbocycles. The van der Waals surface area contributed by atoms with Gasteiger partial charge in [0.25, 0.3) is 0 Å². The van der Waals surface area contributed by atoms with Crippen LogP contribution in [0.15, 0.2) is 30.3 Å². The molecule has 0 heterocycles. The van der Waals surface area contributed by atoms with Crippen molar-refractivity contribution in [1.29, 1.82) is 0 Å². The minimum atomic E-state index is -0.0126. The molecule has 1 nitrogen and oxygen atoms in total. The van der Waals surface area contributed by atoms with Gasteiger partial charge in [0.15, 0.2) is 0 Å². The Kier molecular flexibility index (Phi) is 1.89.